The maximum absolute atomic E-state index is 12.8. The molecule has 3 aromatic carbocycles. The summed E-state index contributed by atoms with van der Waals surface area (Å²) in [5, 5.41) is 0. The molecular weight excluding hydrogens is 450 g/mol. The second-order valence-electron chi connectivity index (χ2n) is 6.86. The summed E-state index contributed by atoms with van der Waals surface area (Å²) >= 11 is 0. The van der Waals surface area contributed by atoms with Gasteiger partial charge in [-0.15, -0.1) is 0 Å². The van der Waals surface area contributed by atoms with E-state index in [4.69, 9.17) is 9.47 Å². The summed E-state index contributed by atoms with van der Waals surface area (Å²) in [4.78, 5) is -0.0885. The van der Waals surface area contributed by atoms with E-state index in [0.717, 1.165) is 5.56 Å². The van der Waals surface area contributed by atoms with E-state index < -0.39 is 19.9 Å². The predicted octanol–water partition coefficient (Wildman–Crippen LogP) is 3.45. The van der Waals surface area contributed by atoms with Crippen molar-refractivity contribution in [3.8, 4) is 11.5 Å². The highest BCUT2D eigenvalue weighted by Crippen LogP contribution is 2.28. The molecule has 32 heavy (non-hydrogen) atoms. The van der Waals surface area contributed by atoms with Gasteiger partial charge in [-0.1, -0.05) is 30.3 Å². The molecule has 0 aliphatic rings. The lowest BCUT2D eigenvalue weighted by molar-refractivity contribution is 0.310. The Bertz CT molecular complexity index is 1270. The van der Waals surface area contributed by atoms with Crippen LogP contribution < -0.4 is 14.2 Å². The molecule has 0 saturated carbocycles. The van der Waals surface area contributed by atoms with E-state index >= 15 is 0 Å². The van der Waals surface area contributed by atoms with Gasteiger partial charge in [-0.3, -0.25) is 0 Å². The van der Waals surface area contributed by atoms with Crippen molar-refractivity contribution in [2.75, 3.05) is 20.3 Å². The number of ether oxygens (including phenoxy) is 2. The number of hydrogen-bond acceptors (Lipinski definition) is 6. The van der Waals surface area contributed by atoms with Gasteiger partial charge in [0.05, 0.1) is 28.4 Å². The number of methoxy groups -OCH3 is 1. The van der Waals surface area contributed by atoms with E-state index in [1.807, 2.05) is 19.1 Å². The first kappa shape index (κ1) is 23.8. The van der Waals surface area contributed by atoms with E-state index in [0.29, 0.717) is 24.5 Å². The Balaban J connectivity index is 1.74. The van der Waals surface area contributed by atoms with Gasteiger partial charge in [-0.2, -0.15) is 0 Å². The summed E-state index contributed by atoms with van der Waals surface area (Å²) in [6.45, 7) is 2.48. The molecule has 0 heterocycles. The lowest BCUT2D eigenvalue weighted by Crippen LogP contribution is -2.26. The van der Waals surface area contributed by atoms with E-state index in [1.54, 1.807) is 31.4 Å². The Hall–Kier alpha value is -2.88. The Kier molecular flexibility index (Phi) is 7.55. The summed E-state index contributed by atoms with van der Waals surface area (Å²) in [5.74, 6) is 1.20. The number of benzene rings is 3. The Labute approximate surface area is 189 Å². The van der Waals surface area contributed by atoms with Gasteiger partial charge in [0.1, 0.15) is 0 Å². The predicted molar refractivity (Wildman–Crippen MR) is 121 cm³/mol. The smallest absolute Gasteiger partial charge is 0.240 e. The van der Waals surface area contributed by atoms with Crippen molar-refractivity contribution in [2.24, 2.45) is 0 Å². The van der Waals surface area contributed by atoms with Gasteiger partial charge in [0.2, 0.25) is 19.9 Å². The van der Waals surface area contributed by atoms with Crippen LogP contribution in [0.1, 0.15) is 12.5 Å². The summed E-state index contributed by atoms with van der Waals surface area (Å²) in [7, 11) is -6.17. The molecule has 0 amide bonds. The molecule has 0 bridgehead atoms. The topological polar surface area (TPSA) is 98.8 Å². The highest BCUT2D eigenvalue weighted by molar-refractivity contribution is 7.91. The Morgan fingerprint density at radius 3 is 2.16 bits per heavy atom. The molecule has 0 aliphatic heterocycles. The van der Waals surface area contributed by atoms with Crippen LogP contribution in [0.5, 0.6) is 11.5 Å². The summed E-state index contributed by atoms with van der Waals surface area (Å²) < 4.78 is 64.5. The first-order valence-corrected chi connectivity index (χ1v) is 12.9. The van der Waals surface area contributed by atoms with Crippen LogP contribution in [0.4, 0.5) is 0 Å². The number of sulfonamides is 1. The standard InChI is InChI=1S/C23H25NO6S2/c1-3-30-23-16-18(12-13-22(23)29-2)14-15-24-32(27,28)21-11-7-10-20(17-21)31(25,26)19-8-5-4-6-9-19/h4-13,16-17,24H,3,14-15H2,1-2H3. The van der Waals surface area contributed by atoms with Crippen LogP contribution in [0.25, 0.3) is 0 Å². The highest BCUT2D eigenvalue weighted by Gasteiger charge is 2.21. The molecule has 3 aromatic rings. The normalized spacial score (nSPS) is 11.8. The van der Waals surface area contributed by atoms with Gasteiger partial charge < -0.3 is 9.47 Å². The van der Waals surface area contributed by atoms with Gasteiger partial charge in [0.25, 0.3) is 0 Å². The van der Waals surface area contributed by atoms with Crippen LogP contribution in [-0.4, -0.2) is 37.1 Å². The second-order valence-corrected chi connectivity index (χ2v) is 10.6. The molecule has 1 N–H and O–H groups in total. The fourth-order valence-electron chi connectivity index (χ4n) is 3.10. The van der Waals surface area contributed by atoms with Crippen molar-refractivity contribution in [3.05, 3.63) is 78.4 Å². The molecule has 0 atom stereocenters. The third-order valence-corrected chi connectivity index (χ3v) is 7.94. The molecule has 0 radical (unpaired) electrons. The van der Waals surface area contributed by atoms with E-state index in [2.05, 4.69) is 4.72 Å². The lowest BCUT2D eigenvalue weighted by atomic mass is 10.1. The highest BCUT2D eigenvalue weighted by atomic mass is 32.2. The molecule has 0 fully saturated rings. The molecule has 0 unspecified atom stereocenters. The minimum Gasteiger partial charge on any atom is -0.493 e. The number of nitrogens with one attached hydrogen (secondary N) is 1. The van der Waals surface area contributed by atoms with Crippen LogP contribution >= 0.6 is 0 Å². The van der Waals surface area contributed by atoms with Gasteiger partial charge in [-0.05, 0) is 61.4 Å². The SMILES string of the molecule is CCOc1cc(CCNS(=O)(=O)c2cccc(S(=O)(=O)c3ccccc3)c2)ccc1OC. The zero-order chi connectivity index (χ0) is 23.2. The van der Waals surface area contributed by atoms with Crippen LogP contribution in [0, 0.1) is 0 Å². The molecule has 0 aliphatic carbocycles. The second kappa shape index (κ2) is 10.2. The maximum atomic E-state index is 12.8. The minimum atomic E-state index is -3.90. The van der Waals surface area contributed by atoms with Gasteiger partial charge in [-0.25, -0.2) is 21.6 Å². The summed E-state index contributed by atoms with van der Waals surface area (Å²) in [6, 6.07) is 18.6. The third-order valence-electron chi connectivity index (χ3n) is 4.71. The molecule has 0 aromatic heterocycles. The van der Waals surface area contributed by atoms with E-state index in [1.165, 1.54) is 36.4 Å². The molecule has 0 saturated heterocycles. The molecule has 170 valence electrons. The molecule has 3 rings (SSSR count). The fraction of sp³-hybridized carbons (Fsp3) is 0.217. The van der Waals surface area contributed by atoms with E-state index in [9.17, 15) is 16.8 Å². The van der Waals surface area contributed by atoms with Crippen molar-refractivity contribution < 1.29 is 26.3 Å². The van der Waals surface area contributed by atoms with Gasteiger partial charge >= 0.3 is 0 Å². The van der Waals surface area contributed by atoms with Crippen LogP contribution in [0.3, 0.4) is 0 Å². The zero-order valence-corrected chi connectivity index (χ0v) is 19.4. The Morgan fingerprint density at radius 1 is 0.781 bits per heavy atom. The maximum Gasteiger partial charge on any atom is 0.240 e. The molecule has 0 spiro atoms. The van der Waals surface area contributed by atoms with Gasteiger partial charge in [0, 0.05) is 6.54 Å². The number of sulfone groups is 1. The summed E-state index contributed by atoms with van der Waals surface area (Å²) in [5.41, 5.74) is 0.873. The van der Waals surface area contributed by atoms with Crippen molar-refractivity contribution in [1.29, 1.82) is 0 Å². The van der Waals surface area contributed by atoms with Crippen LogP contribution in [0.2, 0.25) is 0 Å². The van der Waals surface area contributed by atoms with Crippen LogP contribution in [-0.2, 0) is 26.3 Å². The average molecular weight is 476 g/mol. The average Bonchev–Trinajstić information content (AvgIpc) is 2.80. The fourth-order valence-corrected chi connectivity index (χ4v) is 5.58. The molecule has 9 heteroatoms. The molecule has 7 nitrogen and oxygen atoms in total. The van der Waals surface area contributed by atoms with Crippen molar-refractivity contribution >= 4 is 19.9 Å². The van der Waals surface area contributed by atoms with E-state index in [-0.39, 0.29) is 21.2 Å². The third kappa shape index (κ3) is 5.48. The van der Waals surface area contributed by atoms with Crippen molar-refractivity contribution in [1.82, 2.24) is 4.72 Å². The molecular formula is C23H25NO6S2. The Morgan fingerprint density at radius 2 is 1.47 bits per heavy atom. The first-order valence-electron chi connectivity index (χ1n) is 9.97. The zero-order valence-electron chi connectivity index (χ0n) is 17.8. The van der Waals surface area contributed by atoms with Crippen molar-refractivity contribution in [2.45, 2.75) is 28.0 Å². The van der Waals surface area contributed by atoms with Crippen molar-refractivity contribution in [3.63, 3.8) is 0 Å². The lowest BCUT2D eigenvalue weighted by Gasteiger charge is -2.12. The monoisotopic (exact) mass is 475 g/mol. The summed E-state index contributed by atoms with van der Waals surface area (Å²) in [6.07, 6.45) is 0.422. The number of rotatable bonds is 10. The minimum absolute atomic E-state index is 0.0805. The largest absolute Gasteiger partial charge is 0.493 e. The quantitative estimate of drug-likeness (QED) is 0.482. The van der Waals surface area contributed by atoms with Gasteiger partial charge in [0.15, 0.2) is 11.5 Å². The number of hydrogen-bond donors (Lipinski definition) is 1. The first-order chi connectivity index (χ1) is 15.3. The van der Waals surface area contributed by atoms with Crippen LogP contribution in [0.15, 0.2) is 87.5 Å².